The van der Waals surface area contributed by atoms with E-state index in [2.05, 4.69) is 16.5 Å². The van der Waals surface area contributed by atoms with Gasteiger partial charge in [0.05, 0.1) is 23.1 Å². The molecule has 0 aliphatic carbocycles. The average Bonchev–Trinajstić information content (AvgIpc) is 2.41. The Morgan fingerprint density at radius 1 is 1.57 bits per heavy atom. The first kappa shape index (κ1) is 10.5. The molecular weight excluding hydrogens is 178 g/mol. The fraction of sp³-hybridized carbons (Fsp3) is 0.556. The molecule has 0 aliphatic heterocycles. The second-order valence-corrected chi connectivity index (χ2v) is 3.08. The topological polar surface area (TPSA) is 79.7 Å². The fourth-order valence-corrected chi connectivity index (χ4v) is 1.37. The third kappa shape index (κ3) is 2.03. The van der Waals surface area contributed by atoms with E-state index in [9.17, 15) is 0 Å². The van der Waals surface area contributed by atoms with Crippen LogP contribution in [0.3, 0.4) is 0 Å². The van der Waals surface area contributed by atoms with Gasteiger partial charge in [0, 0.05) is 13.1 Å². The summed E-state index contributed by atoms with van der Waals surface area (Å²) < 4.78 is 1.69. The standard InChI is InChI=1S/C9H15N5/c1-7-9(12-5-3-10)8(2)14(13-7)6-4-11/h12H,3,5-6,10H2,1-2H3. The second kappa shape index (κ2) is 4.63. The number of nitrogens with two attached hydrogens (primary N) is 1. The number of nitrogens with zero attached hydrogens (tertiary/aromatic N) is 3. The summed E-state index contributed by atoms with van der Waals surface area (Å²) >= 11 is 0. The van der Waals surface area contributed by atoms with E-state index >= 15 is 0 Å². The van der Waals surface area contributed by atoms with Gasteiger partial charge in [0.15, 0.2) is 0 Å². The molecule has 0 bridgehead atoms. The number of nitriles is 1. The molecule has 0 radical (unpaired) electrons. The van der Waals surface area contributed by atoms with Crippen molar-refractivity contribution in [3.63, 3.8) is 0 Å². The lowest BCUT2D eigenvalue weighted by atomic mass is 10.3. The molecule has 5 nitrogen and oxygen atoms in total. The minimum atomic E-state index is 0.289. The van der Waals surface area contributed by atoms with Gasteiger partial charge < -0.3 is 11.1 Å². The van der Waals surface area contributed by atoms with Crippen molar-refractivity contribution in [1.29, 1.82) is 5.26 Å². The van der Waals surface area contributed by atoms with Gasteiger partial charge in [0.25, 0.3) is 0 Å². The summed E-state index contributed by atoms with van der Waals surface area (Å²) in [6.45, 7) is 5.45. The van der Waals surface area contributed by atoms with E-state index in [0.717, 1.165) is 23.6 Å². The fourth-order valence-electron chi connectivity index (χ4n) is 1.37. The van der Waals surface area contributed by atoms with Crippen LogP contribution in [-0.4, -0.2) is 22.9 Å². The number of anilines is 1. The molecule has 0 aromatic carbocycles. The summed E-state index contributed by atoms with van der Waals surface area (Å²) in [4.78, 5) is 0. The molecule has 0 saturated heterocycles. The molecule has 0 fully saturated rings. The Kier molecular flexibility index (Phi) is 3.48. The molecule has 76 valence electrons. The molecule has 1 rings (SSSR count). The molecule has 1 heterocycles. The van der Waals surface area contributed by atoms with Crippen LogP contribution in [0.4, 0.5) is 5.69 Å². The number of hydrogen-bond donors (Lipinski definition) is 2. The summed E-state index contributed by atoms with van der Waals surface area (Å²) in [6.07, 6.45) is 0. The van der Waals surface area contributed by atoms with Crippen molar-refractivity contribution in [1.82, 2.24) is 9.78 Å². The molecule has 0 unspecified atom stereocenters. The second-order valence-electron chi connectivity index (χ2n) is 3.08. The lowest BCUT2D eigenvalue weighted by Gasteiger charge is -2.04. The number of nitrogens with one attached hydrogen (secondary N) is 1. The number of rotatable bonds is 4. The number of aromatic nitrogens is 2. The highest BCUT2D eigenvalue weighted by Crippen LogP contribution is 2.18. The first-order valence-corrected chi connectivity index (χ1v) is 4.55. The SMILES string of the molecule is Cc1nn(CC#N)c(C)c1NCCN. The normalized spacial score (nSPS) is 9.86. The van der Waals surface area contributed by atoms with Gasteiger partial charge >= 0.3 is 0 Å². The maximum absolute atomic E-state index is 8.57. The predicted octanol–water partition coefficient (Wildman–Crippen LogP) is 0.394. The van der Waals surface area contributed by atoms with Crippen molar-refractivity contribution in [2.45, 2.75) is 20.4 Å². The van der Waals surface area contributed by atoms with Crippen LogP contribution in [0.15, 0.2) is 0 Å². The molecule has 5 heteroatoms. The first-order valence-electron chi connectivity index (χ1n) is 4.55. The number of aryl methyl sites for hydroxylation is 1. The van der Waals surface area contributed by atoms with E-state index in [1.165, 1.54) is 0 Å². The van der Waals surface area contributed by atoms with E-state index < -0.39 is 0 Å². The van der Waals surface area contributed by atoms with Crippen molar-refractivity contribution in [3.8, 4) is 6.07 Å². The van der Waals surface area contributed by atoms with Crippen molar-refractivity contribution >= 4 is 5.69 Å². The van der Waals surface area contributed by atoms with Gasteiger partial charge in [-0.05, 0) is 13.8 Å². The van der Waals surface area contributed by atoms with Crippen LogP contribution in [-0.2, 0) is 6.54 Å². The summed E-state index contributed by atoms with van der Waals surface area (Å²) in [5.74, 6) is 0. The molecule has 1 aromatic rings. The first-order chi connectivity index (χ1) is 6.70. The largest absolute Gasteiger partial charge is 0.381 e. The molecular formula is C9H15N5. The van der Waals surface area contributed by atoms with Crippen LogP contribution < -0.4 is 11.1 Å². The molecule has 0 atom stereocenters. The predicted molar refractivity (Wildman–Crippen MR) is 54.9 cm³/mol. The van der Waals surface area contributed by atoms with Crippen molar-refractivity contribution in [2.75, 3.05) is 18.4 Å². The lowest BCUT2D eigenvalue weighted by Crippen LogP contribution is -2.14. The lowest BCUT2D eigenvalue weighted by molar-refractivity contribution is 0.679. The Labute approximate surface area is 83.5 Å². The molecule has 0 saturated carbocycles. The Balaban J connectivity index is 2.88. The third-order valence-corrected chi connectivity index (χ3v) is 2.05. The minimum Gasteiger partial charge on any atom is -0.381 e. The average molecular weight is 193 g/mol. The molecule has 14 heavy (non-hydrogen) atoms. The van der Waals surface area contributed by atoms with Gasteiger partial charge in [-0.2, -0.15) is 10.4 Å². The quantitative estimate of drug-likeness (QED) is 0.725. The summed E-state index contributed by atoms with van der Waals surface area (Å²) in [5.41, 5.74) is 8.28. The van der Waals surface area contributed by atoms with E-state index in [-0.39, 0.29) is 6.54 Å². The van der Waals surface area contributed by atoms with Gasteiger partial charge in [-0.25, -0.2) is 0 Å². The van der Waals surface area contributed by atoms with Gasteiger partial charge in [-0.3, -0.25) is 4.68 Å². The van der Waals surface area contributed by atoms with Crippen molar-refractivity contribution in [2.24, 2.45) is 5.73 Å². The van der Waals surface area contributed by atoms with E-state index in [1.54, 1.807) is 4.68 Å². The van der Waals surface area contributed by atoms with Gasteiger partial charge in [-0.15, -0.1) is 0 Å². The van der Waals surface area contributed by atoms with Crippen LogP contribution >= 0.6 is 0 Å². The third-order valence-electron chi connectivity index (χ3n) is 2.05. The zero-order valence-electron chi connectivity index (χ0n) is 8.54. The maximum atomic E-state index is 8.57. The van der Waals surface area contributed by atoms with Crippen LogP contribution in [0.2, 0.25) is 0 Å². The summed E-state index contributed by atoms with van der Waals surface area (Å²) in [6, 6.07) is 2.07. The van der Waals surface area contributed by atoms with E-state index in [4.69, 9.17) is 11.0 Å². The Bertz CT molecular complexity index is 347. The zero-order valence-corrected chi connectivity index (χ0v) is 8.54. The van der Waals surface area contributed by atoms with Crippen molar-refractivity contribution < 1.29 is 0 Å². The highest BCUT2D eigenvalue weighted by atomic mass is 15.3. The van der Waals surface area contributed by atoms with E-state index in [1.807, 2.05) is 13.8 Å². The summed E-state index contributed by atoms with van der Waals surface area (Å²) in [5, 5.41) is 16.0. The van der Waals surface area contributed by atoms with Crippen LogP contribution in [0, 0.1) is 25.2 Å². The highest BCUT2D eigenvalue weighted by Gasteiger charge is 2.09. The Morgan fingerprint density at radius 2 is 2.29 bits per heavy atom. The monoisotopic (exact) mass is 193 g/mol. The Hall–Kier alpha value is -1.54. The van der Waals surface area contributed by atoms with Crippen LogP contribution in [0.25, 0.3) is 0 Å². The highest BCUT2D eigenvalue weighted by molar-refractivity contribution is 5.52. The minimum absolute atomic E-state index is 0.289. The van der Waals surface area contributed by atoms with Gasteiger partial charge in [-0.1, -0.05) is 0 Å². The van der Waals surface area contributed by atoms with Crippen LogP contribution in [0.1, 0.15) is 11.4 Å². The zero-order chi connectivity index (χ0) is 10.6. The van der Waals surface area contributed by atoms with Gasteiger partial charge in [0.2, 0.25) is 0 Å². The molecule has 3 N–H and O–H groups in total. The van der Waals surface area contributed by atoms with Crippen LogP contribution in [0.5, 0.6) is 0 Å². The number of hydrogen-bond acceptors (Lipinski definition) is 4. The van der Waals surface area contributed by atoms with E-state index in [0.29, 0.717) is 6.54 Å². The summed E-state index contributed by atoms with van der Waals surface area (Å²) in [7, 11) is 0. The smallest absolute Gasteiger partial charge is 0.128 e. The maximum Gasteiger partial charge on any atom is 0.128 e. The molecule has 0 spiro atoms. The Morgan fingerprint density at radius 3 is 2.86 bits per heavy atom. The molecule has 0 aliphatic rings. The molecule has 0 amide bonds. The molecule has 1 aromatic heterocycles. The van der Waals surface area contributed by atoms with Crippen molar-refractivity contribution in [3.05, 3.63) is 11.4 Å². The van der Waals surface area contributed by atoms with Gasteiger partial charge in [0.1, 0.15) is 6.54 Å².